The van der Waals surface area contributed by atoms with E-state index in [2.05, 4.69) is 10.3 Å². The second-order valence-corrected chi connectivity index (χ2v) is 10.1. The number of rotatable bonds is 7. The second-order valence-electron chi connectivity index (χ2n) is 10.1. The maximum atomic E-state index is 14.8. The van der Waals surface area contributed by atoms with Crippen LogP contribution in [-0.4, -0.2) is 49.6 Å². The molecule has 0 unspecified atom stereocenters. The molecule has 3 aromatic rings. The number of halogens is 2. The number of carbonyl (C=O) groups is 2. The molecule has 39 heavy (non-hydrogen) atoms. The number of nitrogens with one attached hydrogen (secondary N) is 1. The van der Waals surface area contributed by atoms with Gasteiger partial charge in [0.1, 0.15) is 18.8 Å². The van der Waals surface area contributed by atoms with Gasteiger partial charge in [0.25, 0.3) is 5.56 Å². The van der Waals surface area contributed by atoms with E-state index in [4.69, 9.17) is 0 Å². The lowest BCUT2D eigenvalue weighted by atomic mass is 9.99. The van der Waals surface area contributed by atoms with Crippen molar-refractivity contribution in [2.75, 3.05) is 6.54 Å². The monoisotopic (exact) mass is 539 g/mol. The van der Waals surface area contributed by atoms with Crippen LogP contribution in [0.2, 0.25) is 0 Å². The SMILES string of the molecule is Cc1cn(CC(=O)N2C[C@H](F)C[C@H]2C(=O)N[C@H](c2ccccc2)c2ccc(C(C)C)c(F)n2)c(=O)n(C)c1=O. The van der Waals surface area contributed by atoms with E-state index < -0.39 is 53.8 Å². The molecule has 11 heteroatoms. The highest BCUT2D eigenvalue weighted by atomic mass is 19.1. The van der Waals surface area contributed by atoms with Gasteiger partial charge in [0.2, 0.25) is 17.8 Å². The first-order valence-corrected chi connectivity index (χ1v) is 12.7. The average molecular weight is 540 g/mol. The van der Waals surface area contributed by atoms with Crippen LogP contribution in [0.1, 0.15) is 54.6 Å². The highest BCUT2D eigenvalue weighted by molar-refractivity contribution is 5.88. The van der Waals surface area contributed by atoms with Crippen molar-refractivity contribution in [3.63, 3.8) is 0 Å². The molecule has 0 radical (unpaired) electrons. The first-order chi connectivity index (χ1) is 18.5. The minimum atomic E-state index is -1.45. The molecule has 3 heterocycles. The van der Waals surface area contributed by atoms with E-state index in [0.29, 0.717) is 11.1 Å². The predicted molar refractivity (Wildman–Crippen MR) is 140 cm³/mol. The number of pyridine rings is 1. The zero-order valence-electron chi connectivity index (χ0n) is 22.2. The van der Waals surface area contributed by atoms with Gasteiger partial charge in [-0.3, -0.25) is 23.5 Å². The van der Waals surface area contributed by atoms with Crippen molar-refractivity contribution in [2.45, 2.75) is 57.9 Å². The lowest BCUT2D eigenvalue weighted by Crippen LogP contribution is -2.49. The van der Waals surface area contributed by atoms with E-state index in [1.54, 1.807) is 42.5 Å². The molecule has 0 spiro atoms. The molecule has 0 bridgehead atoms. The Morgan fingerprint density at radius 3 is 2.46 bits per heavy atom. The van der Waals surface area contributed by atoms with Crippen molar-refractivity contribution in [2.24, 2.45) is 7.05 Å². The normalized spacial score (nSPS) is 17.9. The maximum absolute atomic E-state index is 14.8. The fourth-order valence-corrected chi connectivity index (χ4v) is 4.81. The van der Waals surface area contributed by atoms with Gasteiger partial charge in [0.05, 0.1) is 18.3 Å². The summed E-state index contributed by atoms with van der Waals surface area (Å²) >= 11 is 0. The van der Waals surface area contributed by atoms with Gasteiger partial charge in [0, 0.05) is 30.8 Å². The number of likely N-dealkylation sites (tertiary alicyclic amines) is 1. The molecule has 1 aliphatic heterocycles. The van der Waals surface area contributed by atoms with Gasteiger partial charge in [0.15, 0.2) is 0 Å². The van der Waals surface area contributed by atoms with Gasteiger partial charge >= 0.3 is 5.69 Å². The fraction of sp³-hybridized carbons (Fsp3) is 0.393. The molecule has 2 amide bonds. The molecular weight excluding hydrogens is 508 g/mol. The predicted octanol–water partition coefficient (Wildman–Crippen LogP) is 2.36. The number of amides is 2. The minimum absolute atomic E-state index is 0.0841. The number of hydrogen-bond acceptors (Lipinski definition) is 5. The first kappa shape index (κ1) is 27.9. The zero-order valence-corrected chi connectivity index (χ0v) is 22.2. The van der Waals surface area contributed by atoms with Gasteiger partial charge in [-0.15, -0.1) is 0 Å². The summed E-state index contributed by atoms with van der Waals surface area (Å²) < 4.78 is 31.3. The summed E-state index contributed by atoms with van der Waals surface area (Å²) in [6.07, 6.45) is -0.402. The number of benzene rings is 1. The summed E-state index contributed by atoms with van der Waals surface area (Å²) in [6, 6.07) is 10.1. The standard InChI is InChI=1S/C28H31F2N5O4/c1-16(2)20-10-11-21(31-25(20)30)24(18-8-6-5-7-9-18)32-26(37)22-12-19(29)14-35(22)23(36)15-34-13-17(3)27(38)33(4)28(34)39/h5-11,13,16,19,22,24H,12,14-15H2,1-4H3,(H,32,37)/t19-,22+,24-/m1/s1. The number of nitrogens with zero attached hydrogens (tertiary/aromatic N) is 4. The van der Waals surface area contributed by atoms with Crippen LogP contribution >= 0.6 is 0 Å². The molecule has 2 aromatic heterocycles. The minimum Gasteiger partial charge on any atom is -0.342 e. The van der Waals surface area contributed by atoms with Crippen molar-refractivity contribution in [1.29, 1.82) is 0 Å². The van der Waals surface area contributed by atoms with Crippen LogP contribution in [0, 0.1) is 12.9 Å². The van der Waals surface area contributed by atoms with Crippen molar-refractivity contribution in [3.05, 3.63) is 97.8 Å². The molecule has 1 fully saturated rings. The molecule has 1 aromatic carbocycles. The van der Waals surface area contributed by atoms with Gasteiger partial charge in [-0.25, -0.2) is 14.2 Å². The maximum Gasteiger partial charge on any atom is 0.331 e. The third kappa shape index (κ3) is 5.81. The lowest BCUT2D eigenvalue weighted by Gasteiger charge is -2.27. The van der Waals surface area contributed by atoms with Crippen LogP contribution in [0.25, 0.3) is 0 Å². The Hall–Kier alpha value is -4.15. The van der Waals surface area contributed by atoms with Crippen LogP contribution in [0.3, 0.4) is 0 Å². The lowest BCUT2D eigenvalue weighted by molar-refractivity contribution is -0.139. The number of alkyl halides is 1. The van der Waals surface area contributed by atoms with Crippen molar-refractivity contribution in [1.82, 2.24) is 24.3 Å². The van der Waals surface area contributed by atoms with E-state index in [-0.39, 0.29) is 30.1 Å². The molecule has 1 N–H and O–H groups in total. The molecule has 0 saturated carbocycles. The molecule has 1 saturated heterocycles. The summed E-state index contributed by atoms with van der Waals surface area (Å²) in [5.41, 5.74) is 0.417. The van der Waals surface area contributed by atoms with Gasteiger partial charge in [-0.1, -0.05) is 50.2 Å². The third-order valence-electron chi connectivity index (χ3n) is 6.94. The van der Waals surface area contributed by atoms with Gasteiger partial charge < -0.3 is 10.2 Å². The Bertz CT molecular complexity index is 1500. The Kier molecular flexibility index (Phi) is 8.08. The fourth-order valence-electron chi connectivity index (χ4n) is 4.81. The van der Waals surface area contributed by atoms with E-state index in [0.717, 1.165) is 14.0 Å². The molecule has 1 aliphatic rings. The first-order valence-electron chi connectivity index (χ1n) is 12.7. The molecule has 4 rings (SSSR count). The largest absolute Gasteiger partial charge is 0.342 e. The highest BCUT2D eigenvalue weighted by Crippen LogP contribution is 2.27. The quantitative estimate of drug-likeness (QED) is 0.464. The summed E-state index contributed by atoms with van der Waals surface area (Å²) in [6.45, 7) is 4.43. The van der Waals surface area contributed by atoms with E-state index in [1.807, 2.05) is 13.8 Å². The molecule has 0 aliphatic carbocycles. The molecule has 9 nitrogen and oxygen atoms in total. The van der Waals surface area contributed by atoms with Crippen molar-refractivity contribution < 1.29 is 18.4 Å². The van der Waals surface area contributed by atoms with E-state index >= 15 is 0 Å². The van der Waals surface area contributed by atoms with E-state index in [9.17, 15) is 28.0 Å². The van der Waals surface area contributed by atoms with Crippen LogP contribution in [-0.2, 0) is 23.2 Å². The highest BCUT2D eigenvalue weighted by Gasteiger charge is 2.40. The van der Waals surface area contributed by atoms with Crippen LogP contribution in [0.15, 0.2) is 58.3 Å². The Balaban J connectivity index is 1.61. The molecule has 3 atom stereocenters. The third-order valence-corrected chi connectivity index (χ3v) is 6.94. The Labute approximate surface area is 224 Å². The van der Waals surface area contributed by atoms with Gasteiger partial charge in [-0.2, -0.15) is 4.39 Å². The average Bonchev–Trinajstić information content (AvgIpc) is 3.31. The number of aryl methyl sites for hydroxylation is 1. The Morgan fingerprint density at radius 1 is 1.13 bits per heavy atom. The van der Waals surface area contributed by atoms with E-state index in [1.165, 1.54) is 20.2 Å². The summed E-state index contributed by atoms with van der Waals surface area (Å²) in [5, 5.41) is 2.83. The van der Waals surface area contributed by atoms with Crippen LogP contribution < -0.4 is 16.6 Å². The zero-order chi connectivity index (χ0) is 28.4. The number of hydrogen-bond donors (Lipinski definition) is 1. The van der Waals surface area contributed by atoms with Crippen molar-refractivity contribution in [3.8, 4) is 0 Å². The summed E-state index contributed by atoms with van der Waals surface area (Å²) in [5.74, 6) is -2.00. The number of carbonyl (C=O) groups excluding carboxylic acids is 2. The molecular formula is C28H31F2N5O4. The summed E-state index contributed by atoms with van der Waals surface area (Å²) in [7, 11) is 1.30. The van der Waals surface area contributed by atoms with Gasteiger partial charge in [-0.05, 0) is 24.5 Å². The molecule has 206 valence electrons. The van der Waals surface area contributed by atoms with Crippen molar-refractivity contribution >= 4 is 11.8 Å². The van der Waals surface area contributed by atoms with Crippen LogP contribution in [0.4, 0.5) is 8.78 Å². The Morgan fingerprint density at radius 2 is 1.82 bits per heavy atom. The topological polar surface area (TPSA) is 106 Å². The van der Waals surface area contributed by atoms with Crippen LogP contribution in [0.5, 0.6) is 0 Å². The summed E-state index contributed by atoms with van der Waals surface area (Å²) in [4.78, 5) is 56.4. The number of aromatic nitrogens is 3. The smallest absolute Gasteiger partial charge is 0.331 e. The second kappa shape index (κ2) is 11.3.